The largest absolute Gasteiger partial charge is 0.373 e. The van der Waals surface area contributed by atoms with Crippen molar-refractivity contribution in [3.8, 4) is 0 Å². The maximum atomic E-state index is 5.80. The summed E-state index contributed by atoms with van der Waals surface area (Å²) in [6.07, 6.45) is 2.24. The van der Waals surface area contributed by atoms with Crippen LogP contribution in [0.15, 0.2) is 47.5 Å². The molecule has 0 radical (unpaired) electrons. The summed E-state index contributed by atoms with van der Waals surface area (Å²) in [6, 6.07) is 15.0. The number of hydrogen-bond acceptors (Lipinski definition) is 2. The van der Waals surface area contributed by atoms with Crippen molar-refractivity contribution >= 4 is 40.7 Å². The van der Waals surface area contributed by atoms with Crippen molar-refractivity contribution in [3.63, 3.8) is 0 Å². The molecular formula is C19H26IN3O. The Bertz CT molecular complexity index is 696. The van der Waals surface area contributed by atoms with Crippen molar-refractivity contribution in [2.45, 2.75) is 31.9 Å². The van der Waals surface area contributed by atoms with Crippen LogP contribution in [0.5, 0.6) is 0 Å². The number of fused-ring (bicyclic) bond motifs is 1. The van der Waals surface area contributed by atoms with Crippen molar-refractivity contribution in [1.82, 2.24) is 10.6 Å². The van der Waals surface area contributed by atoms with E-state index in [0.29, 0.717) is 0 Å². The van der Waals surface area contributed by atoms with Gasteiger partial charge in [-0.05, 0) is 42.2 Å². The summed E-state index contributed by atoms with van der Waals surface area (Å²) >= 11 is 0. The molecule has 1 heterocycles. The zero-order valence-corrected chi connectivity index (χ0v) is 16.7. The average Bonchev–Trinajstić information content (AvgIpc) is 3.02. The van der Waals surface area contributed by atoms with Crippen LogP contribution in [-0.4, -0.2) is 31.8 Å². The molecule has 1 unspecified atom stereocenters. The van der Waals surface area contributed by atoms with Crippen LogP contribution < -0.4 is 10.6 Å². The van der Waals surface area contributed by atoms with Gasteiger partial charge in [0.15, 0.2) is 5.96 Å². The first-order chi connectivity index (χ1) is 11.2. The fourth-order valence-corrected chi connectivity index (χ4v) is 3.00. The SMILES string of the molecule is CN=C(NCc1ccc2ccccc2c1)NCC1(C)CCCO1.I. The highest BCUT2D eigenvalue weighted by atomic mass is 127. The molecule has 4 nitrogen and oxygen atoms in total. The molecule has 1 saturated heterocycles. The summed E-state index contributed by atoms with van der Waals surface area (Å²) in [5.41, 5.74) is 1.18. The smallest absolute Gasteiger partial charge is 0.191 e. The van der Waals surface area contributed by atoms with Crippen LogP contribution in [0, 0.1) is 0 Å². The standard InChI is InChI=1S/C19H25N3O.HI/c1-19(10-5-11-23-19)14-22-18(20-2)21-13-15-8-9-16-6-3-4-7-17(16)12-15;/h3-4,6-9,12H,5,10-11,13-14H2,1-2H3,(H2,20,21,22);1H. The summed E-state index contributed by atoms with van der Waals surface area (Å²) in [7, 11) is 1.80. The Morgan fingerprint density at radius 3 is 2.67 bits per heavy atom. The van der Waals surface area contributed by atoms with E-state index in [2.05, 4.69) is 65.0 Å². The van der Waals surface area contributed by atoms with Gasteiger partial charge in [0.1, 0.15) is 0 Å². The molecule has 1 aliphatic heterocycles. The van der Waals surface area contributed by atoms with Crippen molar-refractivity contribution in [2.75, 3.05) is 20.2 Å². The Labute approximate surface area is 161 Å². The molecule has 2 aromatic rings. The molecule has 0 saturated carbocycles. The normalized spacial score (nSPS) is 20.7. The third-order valence-corrected chi connectivity index (χ3v) is 4.43. The van der Waals surface area contributed by atoms with E-state index < -0.39 is 0 Å². The van der Waals surface area contributed by atoms with E-state index in [4.69, 9.17) is 4.74 Å². The summed E-state index contributed by atoms with van der Waals surface area (Å²) in [5.74, 6) is 0.815. The first-order valence-corrected chi connectivity index (χ1v) is 8.25. The van der Waals surface area contributed by atoms with Crippen LogP contribution in [0.4, 0.5) is 0 Å². The second-order valence-corrected chi connectivity index (χ2v) is 6.36. The Morgan fingerprint density at radius 2 is 1.96 bits per heavy atom. The number of ether oxygens (including phenoxy) is 1. The van der Waals surface area contributed by atoms with Crippen LogP contribution in [0.25, 0.3) is 10.8 Å². The lowest BCUT2D eigenvalue weighted by molar-refractivity contribution is 0.0243. The van der Waals surface area contributed by atoms with Gasteiger partial charge in [-0.2, -0.15) is 0 Å². The minimum atomic E-state index is -0.0689. The number of nitrogens with zero attached hydrogens (tertiary/aromatic N) is 1. The van der Waals surface area contributed by atoms with Gasteiger partial charge < -0.3 is 15.4 Å². The predicted molar refractivity (Wildman–Crippen MR) is 111 cm³/mol. The zero-order chi connectivity index (χ0) is 16.1. The van der Waals surface area contributed by atoms with E-state index in [0.717, 1.165) is 38.5 Å². The quantitative estimate of drug-likeness (QED) is 0.434. The van der Waals surface area contributed by atoms with Gasteiger partial charge in [0.05, 0.1) is 5.60 Å². The lowest BCUT2D eigenvalue weighted by atomic mass is 10.0. The summed E-state index contributed by atoms with van der Waals surface area (Å²) in [6.45, 7) is 4.55. The van der Waals surface area contributed by atoms with Gasteiger partial charge in [-0.15, -0.1) is 24.0 Å². The molecule has 3 rings (SSSR count). The summed E-state index contributed by atoms with van der Waals surface area (Å²) < 4.78 is 5.80. The van der Waals surface area contributed by atoms with Crippen molar-refractivity contribution < 1.29 is 4.74 Å². The van der Waals surface area contributed by atoms with Gasteiger partial charge in [0, 0.05) is 26.7 Å². The fourth-order valence-electron chi connectivity index (χ4n) is 3.00. The Hall–Kier alpha value is -1.34. The number of rotatable bonds is 4. The van der Waals surface area contributed by atoms with Gasteiger partial charge in [-0.25, -0.2) is 0 Å². The minimum Gasteiger partial charge on any atom is -0.373 e. The highest BCUT2D eigenvalue weighted by molar-refractivity contribution is 14.0. The number of nitrogens with one attached hydrogen (secondary N) is 2. The predicted octanol–water partition coefficient (Wildman–Crippen LogP) is 3.69. The van der Waals surface area contributed by atoms with Gasteiger partial charge >= 0.3 is 0 Å². The van der Waals surface area contributed by atoms with Crippen LogP contribution in [0.3, 0.4) is 0 Å². The minimum absolute atomic E-state index is 0. The third kappa shape index (κ3) is 4.83. The van der Waals surface area contributed by atoms with E-state index in [1.807, 2.05) is 0 Å². The lowest BCUT2D eigenvalue weighted by Gasteiger charge is -2.24. The monoisotopic (exact) mass is 439 g/mol. The molecule has 1 atom stereocenters. The number of benzene rings is 2. The van der Waals surface area contributed by atoms with Crippen molar-refractivity contribution in [2.24, 2.45) is 4.99 Å². The molecule has 0 aliphatic carbocycles. The van der Waals surface area contributed by atoms with Gasteiger partial charge in [-0.1, -0.05) is 36.4 Å². The Balaban J connectivity index is 0.00000208. The van der Waals surface area contributed by atoms with Crippen LogP contribution >= 0.6 is 24.0 Å². The zero-order valence-electron chi connectivity index (χ0n) is 14.3. The van der Waals surface area contributed by atoms with E-state index in [9.17, 15) is 0 Å². The Morgan fingerprint density at radius 1 is 1.17 bits per heavy atom. The molecule has 24 heavy (non-hydrogen) atoms. The van der Waals surface area contributed by atoms with Gasteiger partial charge in [0.25, 0.3) is 0 Å². The van der Waals surface area contributed by atoms with E-state index in [1.54, 1.807) is 7.05 Å². The topological polar surface area (TPSA) is 45.7 Å². The van der Waals surface area contributed by atoms with Crippen LogP contribution in [0.1, 0.15) is 25.3 Å². The number of aliphatic imine (C=N–C) groups is 1. The fraction of sp³-hybridized carbons (Fsp3) is 0.421. The van der Waals surface area contributed by atoms with Gasteiger partial charge in [0.2, 0.25) is 0 Å². The second-order valence-electron chi connectivity index (χ2n) is 6.36. The molecule has 2 aromatic carbocycles. The molecule has 0 amide bonds. The summed E-state index contributed by atoms with van der Waals surface area (Å²) in [5, 5.41) is 9.28. The Kier molecular flexibility index (Phi) is 6.86. The molecular weight excluding hydrogens is 413 g/mol. The lowest BCUT2D eigenvalue weighted by Crippen LogP contribution is -2.45. The van der Waals surface area contributed by atoms with Crippen molar-refractivity contribution in [1.29, 1.82) is 0 Å². The molecule has 0 bridgehead atoms. The number of hydrogen-bond donors (Lipinski definition) is 2. The highest BCUT2D eigenvalue weighted by Crippen LogP contribution is 2.23. The number of halogens is 1. The molecule has 2 N–H and O–H groups in total. The molecule has 1 fully saturated rings. The molecule has 130 valence electrons. The van der Waals surface area contributed by atoms with E-state index in [-0.39, 0.29) is 29.6 Å². The number of guanidine groups is 1. The molecule has 1 aliphatic rings. The highest BCUT2D eigenvalue weighted by Gasteiger charge is 2.29. The maximum Gasteiger partial charge on any atom is 0.191 e. The first kappa shape index (κ1) is 19.0. The van der Waals surface area contributed by atoms with E-state index in [1.165, 1.54) is 16.3 Å². The third-order valence-electron chi connectivity index (χ3n) is 4.43. The first-order valence-electron chi connectivity index (χ1n) is 8.25. The molecule has 0 spiro atoms. The van der Waals surface area contributed by atoms with Gasteiger partial charge in [-0.3, -0.25) is 4.99 Å². The summed E-state index contributed by atoms with van der Waals surface area (Å²) in [4.78, 5) is 4.30. The molecule has 0 aromatic heterocycles. The second kappa shape index (κ2) is 8.67. The van der Waals surface area contributed by atoms with Crippen LogP contribution in [-0.2, 0) is 11.3 Å². The average molecular weight is 439 g/mol. The van der Waals surface area contributed by atoms with Crippen molar-refractivity contribution in [3.05, 3.63) is 48.0 Å². The van der Waals surface area contributed by atoms with Crippen LogP contribution in [0.2, 0.25) is 0 Å². The maximum absolute atomic E-state index is 5.80. The van der Waals surface area contributed by atoms with E-state index >= 15 is 0 Å². The molecule has 5 heteroatoms.